The predicted octanol–water partition coefficient (Wildman–Crippen LogP) is 3.14. The molecule has 0 fully saturated rings. The van der Waals surface area contributed by atoms with Crippen LogP contribution in [0.5, 0.6) is 5.75 Å². The fourth-order valence-electron chi connectivity index (χ4n) is 2.98. The highest BCUT2D eigenvalue weighted by Crippen LogP contribution is 2.18. The fraction of sp³-hybridized carbons (Fsp3) is 0.273. The van der Waals surface area contributed by atoms with Crippen molar-refractivity contribution in [2.24, 2.45) is 0 Å². The number of H-pyrrole nitrogens is 1. The van der Waals surface area contributed by atoms with E-state index in [0.29, 0.717) is 37.1 Å². The molecule has 2 aromatic carbocycles. The zero-order valence-electron chi connectivity index (χ0n) is 15.7. The van der Waals surface area contributed by atoms with Crippen molar-refractivity contribution in [3.63, 3.8) is 0 Å². The maximum atomic E-state index is 12.2. The normalized spacial score (nSPS) is 10.7. The number of benzene rings is 2. The molecule has 5 nitrogen and oxygen atoms in total. The van der Waals surface area contributed by atoms with E-state index < -0.39 is 0 Å². The SMILES string of the molecule is COc1ccc2cc(CCNC(=O)CCc3ccc(C)cc3)c(=O)[nH]c2c1. The number of aromatic nitrogens is 1. The molecule has 0 aliphatic heterocycles. The van der Waals surface area contributed by atoms with Gasteiger partial charge in [0.2, 0.25) is 5.91 Å². The van der Waals surface area contributed by atoms with E-state index in [2.05, 4.69) is 22.4 Å². The van der Waals surface area contributed by atoms with Gasteiger partial charge in [0.1, 0.15) is 5.75 Å². The molecule has 1 aromatic heterocycles. The molecule has 0 bridgehead atoms. The lowest BCUT2D eigenvalue weighted by Crippen LogP contribution is -2.27. The minimum absolute atomic E-state index is 0.00229. The maximum Gasteiger partial charge on any atom is 0.251 e. The van der Waals surface area contributed by atoms with Gasteiger partial charge in [-0.05, 0) is 48.9 Å². The van der Waals surface area contributed by atoms with E-state index in [4.69, 9.17) is 4.74 Å². The van der Waals surface area contributed by atoms with Gasteiger partial charge in [-0.25, -0.2) is 0 Å². The van der Waals surface area contributed by atoms with Gasteiger partial charge in [0.15, 0.2) is 0 Å². The number of carbonyl (C=O) groups excluding carboxylic acids is 1. The number of hydrogen-bond acceptors (Lipinski definition) is 3. The Morgan fingerprint density at radius 3 is 2.59 bits per heavy atom. The number of hydrogen-bond donors (Lipinski definition) is 2. The van der Waals surface area contributed by atoms with Crippen molar-refractivity contribution in [1.29, 1.82) is 0 Å². The molecule has 0 aliphatic carbocycles. The minimum atomic E-state index is -0.135. The maximum absolute atomic E-state index is 12.2. The summed E-state index contributed by atoms with van der Waals surface area (Å²) in [6, 6.07) is 15.6. The van der Waals surface area contributed by atoms with E-state index >= 15 is 0 Å². The van der Waals surface area contributed by atoms with Crippen LogP contribution in [0, 0.1) is 6.92 Å². The number of methoxy groups -OCH3 is 1. The molecule has 0 unspecified atom stereocenters. The van der Waals surface area contributed by atoms with E-state index in [1.165, 1.54) is 5.56 Å². The highest BCUT2D eigenvalue weighted by molar-refractivity contribution is 5.80. The second-order valence-corrected chi connectivity index (χ2v) is 6.66. The average molecular weight is 364 g/mol. The zero-order chi connectivity index (χ0) is 19.2. The molecule has 27 heavy (non-hydrogen) atoms. The number of pyridine rings is 1. The molecule has 3 rings (SSSR count). The molecule has 0 radical (unpaired) electrons. The Kier molecular flexibility index (Phi) is 5.91. The number of fused-ring (bicyclic) bond motifs is 1. The van der Waals surface area contributed by atoms with Crippen molar-refractivity contribution in [2.75, 3.05) is 13.7 Å². The van der Waals surface area contributed by atoms with Gasteiger partial charge in [-0.2, -0.15) is 0 Å². The monoisotopic (exact) mass is 364 g/mol. The Balaban J connectivity index is 1.53. The fourth-order valence-corrected chi connectivity index (χ4v) is 2.98. The van der Waals surface area contributed by atoms with Gasteiger partial charge in [0, 0.05) is 24.6 Å². The van der Waals surface area contributed by atoms with Crippen LogP contribution >= 0.6 is 0 Å². The molecular weight excluding hydrogens is 340 g/mol. The van der Waals surface area contributed by atoms with E-state index in [1.54, 1.807) is 13.2 Å². The first kappa shape index (κ1) is 18.7. The van der Waals surface area contributed by atoms with E-state index in [9.17, 15) is 9.59 Å². The van der Waals surface area contributed by atoms with Crippen molar-refractivity contribution < 1.29 is 9.53 Å². The van der Waals surface area contributed by atoms with Crippen LogP contribution < -0.4 is 15.6 Å². The van der Waals surface area contributed by atoms with Crippen molar-refractivity contribution >= 4 is 16.8 Å². The highest BCUT2D eigenvalue weighted by Gasteiger charge is 2.06. The lowest BCUT2D eigenvalue weighted by molar-refractivity contribution is -0.121. The van der Waals surface area contributed by atoms with E-state index in [1.807, 2.05) is 37.3 Å². The number of nitrogens with one attached hydrogen (secondary N) is 2. The summed E-state index contributed by atoms with van der Waals surface area (Å²) in [6.07, 6.45) is 1.65. The molecule has 1 heterocycles. The van der Waals surface area contributed by atoms with Crippen LogP contribution in [0.3, 0.4) is 0 Å². The van der Waals surface area contributed by atoms with Crippen molar-refractivity contribution in [3.8, 4) is 5.75 Å². The molecule has 3 aromatic rings. The standard InChI is InChI=1S/C22H24N2O3/c1-15-3-5-16(6-4-15)7-10-21(25)23-12-11-18-13-17-8-9-19(27-2)14-20(17)24-22(18)26/h3-6,8-9,13-14H,7,10-12H2,1-2H3,(H,23,25)(H,24,26). The Bertz CT molecular complexity index is 991. The Morgan fingerprint density at radius 1 is 1.07 bits per heavy atom. The summed E-state index contributed by atoms with van der Waals surface area (Å²) in [5, 5.41) is 3.84. The second kappa shape index (κ2) is 8.54. The van der Waals surface area contributed by atoms with Gasteiger partial charge in [-0.15, -0.1) is 0 Å². The minimum Gasteiger partial charge on any atom is -0.497 e. The van der Waals surface area contributed by atoms with Crippen LogP contribution in [0.15, 0.2) is 53.3 Å². The quantitative estimate of drug-likeness (QED) is 0.677. The molecule has 0 aliphatic rings. The third-order valence-corrected chi connectivity index (χ3v) is 4.61. The number of carbonyl (C=O) groups is 1. The van der Waals surface area contributed by atoms with Crippen LogP contribution in [-0.2, 0) is 17.6 Å². The van der Waals surface area contributed by atoms with Gasteiger partial charge in [-0.1, -0.05) is 29.8 Å². The summed E-state index contributed by atoms with van der Waals surface area (Å²) < 4.78 is 5.17. The summed E-state index contributed by atoms with van der Waals surface area (Å²) in [7, 11) is 1.59. The summed E-state index contributed by atoms with van der Waals surface area (Å²) in [6.45, 7) is 2.49. The first-order valence-electron chi connectivity index (χ1n) is 9.07. The molecule has 2 N–H and O–H groups in total. The summed E-state index contributed by atoms with van der Waals surface area (Å²) in [5.74, 6) is 0.698. The predicted molar refractivity (Wildman–Crippen MR) is 107 cm³/mol. The summed E-state index contributed by atoms with van der Waals surface area (Å²) in [4.78, 5) is 27.1. The largest absolute Gasteiger partial charge is 0.497 e. The van der Waals surface area contributed by atoms with E-state index in [-0.39, 0.29) is 11.5 Å². The number of rotatable bonds is 7. The Labute approximate surface area is 158 Å². The highest BCUT2D eigenvalue weighted by atomic mass is 16.5. The Morgan fingerprint density at radius 2 is 1.85 bits per heavy atom. The van der Waals surface area contributed by atoms with Crippen molar-refractivity contribution in [1.82, 2.24) is 10.3 Å². The van der Waals surface area contributed by atoms with Crippen LogP contribution in [0.4, 0.5) is 0 Å². The lowest BCUT2D eigenvalue weighted by atomic mass is 10.1. The molecule has 1 amide bonds. The molecule has 140 valence electrons. The topological polar surface area (TPSA) is 71.2 Å². The van der Waals surface area contributed by atoms with Crippen molar-refractivity contribution in [2.45, 2.75) is 26.2 Å². The number of aromatic amines is 1. The molecule has 0 atom stereocenters. The molecule has 0 saturated heterocycles. The van der Waals surface area contributed by atoms with E-state index in [0.717, 1.165) is 16.5 Å². The number of aryl methyl sites for hydroxylation is 2. The third-order valence-electron chi connectivity index (χ3n) is 4.61. The molecular formula is C22H24N2O3. The second-order valence-electron chi connectivity index (χ2n) is 6.66. The van der Waals surface area contributed by atoms with Crippen LogP contribution in [0.1, 0.15) is 23.1 Å². The lowest BCUT2D eigenvalue weighted by Gasteiger charge is -2.07. The third kappa shape index (κ3) is 4.97. The van der Waals surface area contributed by atoms with Crippen LogP contribution in [-0.4, -0.2) is 24.5 Å². The average Bonchev–Trinajstić information content (AvgIpc) is 2.67. The smallest absolute Gasteiger partial charge is 0.251 e. The summed E-state index contributed by atoms with van der Waals surface area (Å²) >= 11 is 0. The van der Waals surface area contributed by atoms with Gasteiger partial charge in [-0.3, -0.25) is 9.59 Å². The van der Waals surface area contributed by atoms with Gasteiger partial charge < -0.3 is 15.0 Å². The van der Waals surface area contributed by atoms with Gasteiger partial charge in [0.25, 0.3) is 5.56 Å². The number of amides is 1. The summed E-state index contributed by atoms with van der Waals surface area (Å²) in [5.41, 5.74) is 3.63. The molecule has 5 heteroatoms. The van der Waals surface area contributed by atoms with Crippen LogP contribution in [0.25, 0.3) is 10.9 Å². The first-order valence-corrected chi connectivity index (χ1v) is 9.07. The van der Waals surface area contributed by atoms with Crippen molar-refractivity contribution in [3.05, 3.63) is 75.6 Å². The molecule has 0 spiro atoms. The van der Waals surface area contributed by atoms with Crippen LogP contribution in [0.2, 0.25) is 0 Å². The Hall–Kier alpha value is -3.08. The van der Waals surface area contributed by atoms with Gasteiger partial charge >= 0.3 is 0 Å². The number of ether oxygens (including phenoxy) is 1. The zero-order valence-corrected chi connectivity index (χ0v) is 15.7. The first-order chi connectivity index (χ1) is 13.0. The van der Waals surface area contributed by atoms with Gasteiger partial charge in [0.05, 0.1) is 12.6 Å². The molecule has 0 saturated carbocycles.